The van der Waals surface area contributed by atoms with Gasteiger partial charge in [0.05, 0.1) is 23.0 Å². The number of hydrogen-bond donors (Lipinski definition) is 2. The van der Waals surface area contributed by atoms with Gasteiger partial charge in [-0.05, 0) is 12.1 Å². The Kier molecular flexibility index (Phi) is 4.26. The number of nitrogens with two attached hydrogens (primary N) is 1. The fourth-order valence-electron chi connectivity index (χ4n) is 2.10. The highest BCUT2D eigenvalue weighted by atomic mass is 35.5. The van der Waals surface area contributed by atoms with Gasteiger partial charge in [0.15, 0.2) is 4.47 Å². The van der Waals surface area contributed by atoms with Gasteiger partial charge in [-0.15, -0.1) is 11.3 Å². The first-order valence-electron chi connectivity index (χ1n) is 6.71. The largest absolute Gasteiger partial charge is 0.319 e. The van der Waals surface area contributed by atoms with E-state index in [9.17, 15) is 4.79 Å². The second kappa shape index (κ2) is 6.35. The predicted octanol–water partition coefficient (Wildman–Crippen LogP) is 1.70. The fourth-order valence-corrected chi connectivity index (χ4v) is 3.08. The van der Waals surface area contributed by atoms with Crippen LogP contribution >= 0.6 is 22.9 Å². The fraction of sp³-hybridized carbons (Fsp3) is 0.143. The molecule has 23 heavy (non-hydrogen) atoms. The van der Waals surface area contributed by atoms with Gasteiger partial charge in [-0.2, -0.15) is 5.10 Å². The number of carbonyl (C=O) groups is 1. The van der Waals surface area contributed by atoms with E-state index in [4.69, 9.17) is 17.3 Å². The molecule has 0 atom stereocenters. The molecule has 9 heteroatoms. The molecule has 1 amide bonds. The molecule has 0 bridgehead atoms. The second-order valence-electron chi connectivity index (χ2n) is 4.87. The van der Waals surface area contributed by atoms with Crippen LogP contribution in [0.3, 0.4) is 0 Å². The minimum atomic E-state index is -0.285. The van der Waals surface area contributed by atoms with Crippen molar-refractivity contribution in [1.82, 2.24) is 14.8 Å². The molecule has 0 aromatic carbocycles. The third-order valence-corrected chi connectivity index (χ3v) is 4.27. The molecular formula is C14H14ClN6OS+. The summed E-state index contributed by atoms with van der Waals surface area (Å²) in [7, 11) is 1.78. The molecule has 0 aliphatic carbocycles. The molecule has 0 unspecified atom stereocenters. The van der Waals surface area contributed by atoms with Crippen LogP contribution in [0.2, 0.25) is 4.47 Å². The number of nitrogens with zero attached hydrogens (tertiary/aromatic N) is 4. The van der Waals surface area contributed by atoms with Crippen molar-refractivity contribution in [3.63, 3.8) is 0 Å². The van der Waals surface area contributed by atoms with Crippen LogP contribution in [0.15, 0.2) is 36.9 Å². The molecule has 118 valence electrons. The zero-order chi connectivity index (χ0) is 16.4. The molecular weight excluding hydrogens is 336 g/mol. The first kappa shape index (κ1) is 15.4. The quantitative estimate of drug-likeness (QED) is 0.701. The second-order valence-corrected chi connectivity index (χ2v) is 6.57. The van der Waals surface area contributed by atoms with Crippen LogP contribution in [0.25, 0.3) is 0 Å². The number of hydrogen-bond acceptors (Lipinski definition) is 5. The van der Waals surface area contributed by atoms with E-state index in [2.05, 4.69) is 15.4 Å². The average Bonchev–Trinajstić information content (AvgIpc) is 3.10. The third kappa shape index (κ3) is 3.49. The maximum absolute atomic E-state index is 12.4. The first-order valence-corrected chi connectivity index (χ1v) is 7.90. The molecule has 3 N–H and O–H groups in total. The molecule has 3 aromatic heterocycles. The Bertz CT molecular complexity index is 859. The minimum Gasteiger partial charge on any atom is -0.319 e. The molecule has 7 nitrogen and oxygen atoms in total. The number of amides is 1. The average molecular weight is 350 g/mol. The van der Waals surface area contributed by atoms with Gasteiger partial charge < -0.3 is 5.32 Å². The molecule has 0 saturated heterocycles. The zero-order valence-electron chi connectivity index (χ0n) is 12.2. The van der Waals surface area contributed by atoms with Crippen LogP contribution < -0.4 is 15.6 Å². The van der Waals surface area contributed by atoms with E-state index in [1.54, 1.807) is 47.0 Å². The summed E-state index contributed by atoms with van der Waals surface area (Å²) in [4.78, 5) is 17.3. The van der Waals surface area contributed by atoms with Crippen LogP contribution in [0.5, 0.6) is 0 Å². The Labute approximate surface area is 141 Å². The van der Waals surface area contributed by atoms with Crippen molar-refractivity contribution < 1.29 is 9.36 Å². The van der Waals surface area contributed by atoms with Gasteiger partial charge in [0, 0.05) is 19.4 Å². The van der Waals surface area contributed by atoms with Crippen molar-refractivity contribution in [3.05, 3.63) is 51.8 Å². The van der Waals surface area contributed by atoms with E-state index < -0.39 is 0 Å². The Hall–Kier alpha value is -2.45. The van der Waals surface area contributed by atoms with Crippen LogP contribution in [0, 0.1) is 0 Å². The molecule has 3 aromatic rings. The number of nitrogens with one attached hydrogen (secondary N) is 1. The van der Waals surface area contributed by atoms with Crippen molar-refractivity contribution in [2.24, 2.45) is 7.05 Å². The summed E-state index contributed by atoms with van der Waals surface area (Å²) < 4.78 is 3.87. The number of anilines is 2. The highest BCUT2D eigenvalue weighted by molar-refractivity contribution is 7.15. The zero-order valence-corrected chi connectivity index (χ0v) is 13.8. The van der Waals surface area contributed by atoms with E-state index in [0.29, 0.717) is 28.1 Å². The highest BCUT2D eigenvalue weighted by Gasteiger charge is 2.19. The number of pyridine rings is 1. The smallest absolute Gasteiger partial charge is 0.285 e. The van der Waals surface area contributed by atoms with E-state index in [0.717, 1.165) is 4.88 Å². The number of carbonyl (C=O) groups excluding carboxylic acids is 1. The summed E-state index contributed by atoms with van der Waals surface area (Å²) in [5.74, 6) is 0.0885. The number of thiazole rings is 1. The van der Waals surface area contributed by atoms with E-state index in [-0.39, 0.29) is 5.91 Å². The number of aromatic nitrogens is 4. The maximum Gasteiger partial charge on any atom is 0.285 e. The number of rotatable bonds is 4. The van der Waals surface area contributed by atoms with E-state index in [1.165, 1.54) is 11.3 Å². The van der Waals surface area contributed by atoms with Crippen molar-refractivity contribution >= 4 is 40.4 Å². The lowest BCUT2D eigenvalue weighted by molar-refractivity contribution is -0.673. The minimum absolute atomic E-state index is 0.285. The topological polar surface area (TPSA) is 89.7 Å². The van der Waals surface area contributed by atoms with Crippen molar-refractivity contribution in [2.75, 3.05) is 11.1 Å². The van der Waals surface area contributed by atoms with Gasteiger partial charge >= 0.3 is 0 Å². The molecule has 0 spiro atoms. The van der Waals surface area contributed by atoms with Gasteiger partial charge in [0.1, 0.15) is 12.1 Å². The standard InChI is InChI=1S/C14H13ClN6OS/c1-20-7-9(5-18-20)19-13(22)11-3-2-4-21(12(11)16)8-10-6-17-14(15)23-10/h2-7,16H,8H2,1H3,(H,19,22)/p+1. The summed E-state index contributed by atoms with van der Waals surface area (Å²) in [5.41, 5.74) is 7.14. The van der Waals surface area contributed by atoms with Crippen molar-refractivity contribution in [3.8, 4) is 0 Å². The Morgan fingerprint density at radius 2 is 2.35 bits per heavy atom. The molecule has 0 fully saturated rings. The molecule has 0 aliphatic heterocycles. The van der Waals surface area contributed by atoms with Gasteiger partial charge in [-0.25, -0.2) is 9.55 Å². The van der Waals surface area contributed by atoms with Crippen LogP contribution in [0.1, 0.15) is 15.2 Å². The third-order valence-electron chi connectivity index (χ3n) is 3.17. The maximum atomic E-state index is 12.4. The van der Waals surface area contributed by atoms with Crippen molar-refractivity contribution in [2.45, 2.75) is 6.54 Å². The van der Waals surface area contributed by atoms with Crippen molar-refractivity contribution in [1.29, 1.82) is 0 Å². The molecule has 0 saturated carbocycles. The molecule has 0 radical (unpaired) electrons. The molecule has 3 rings (SSSR count). The van der Waals surface area contributed by atoms with Gasteiger partial charge in [0.2, 0.25) is 0 Å². The first-order chi connectivity index (χ1) is 11.0. The summed E-state index contributed by atoms with van der Waals surface area (Å²) in [5, 5.41) is 6.78. The number of aryl methyl sites for hydroxylation is 1. The monoisotopic (exact) mass is 349 g/mol. The summed E-state index contributed by atoms with van der Waals surface area (Å²) in [6, 6.07) is 3.45. The van der Waals surface area contributed by atoms with Gasteiger partial charge in [0.25, 0.3) is 11.7 Å². The lowest BCUT2D eigenvalue weighted by atomic mass is 10.2. The van der Waals surface area contributed by atoms with Crippen LogP contribution in [-0.4, -0.2) is 20.7 Å². The molecule has 0 aliphatic rings. The number of halogens is 1. The highest BCUT2D eigenvalue weighted by Crippen LogP contribution is 2.18. The normalized spacial score (nSPS) is 10.7. The van der Waals surface area contributed by atoms with Crippen LogP contribution in [-0.2, 0) is 13.6 Å². The van der Waals surface area contributed by atoms with Gasteiger partial charge in [-0.1, -0.05) is 11.6 Å². The summed E-state index contributed by atoms with van der Waals surface area (Å²) in [6.45, 7) is 0.504. The Morgan fingerprint density at radius 3 is 3.00 bits per heavy atom. The summed E-state index contributed by atoms with van der Waals surface area (Å²) in [6.07, 6.45) is 6.79. The predicted molar refractivity (Wildman–Crippen MR) is 88.4 cm³/mol. The van der Waals surface area contributed by atoms with Crippen LogP contribution in [0.4, 0.5) is 11.5 Å². The van der Waals surface area contributed by atoms with E-state index in [1.807, 2.05) is 6.20 Å². The number of nitrogen functional groups attached to an aromatic ring is 1. The summed E-state index contributed by atoms with van der Waals surface area (Å²) >= 11 is 7.21. The lowest BCUT2D eigenvalue weighted by Crippen LogP contribution is -2.39. The Balaban J connectivity index is 1.82. The van der Waals surface area contributed by atoms with Gasteiger partial charge in [-0.3, -0.25) is 15.2 Å². The molecule has 3 heterocycles. The van der Waals surface area contributed by atoms with E-state index >= 15 is 0 Å². The SMILES string of the molecule is Cn1cc(NC(=O)c2ccc[n+](Cc3cnc(Cl)s3)c2N)cn1. The Morgan fingerprint density at radius 1 is 1.52 bits per heavy atom. The lowest BCUT2D eigenvalue weighted by Gasteiger charge is -2.06.